The molecule has 3 aromatic rings. The van der Waals surface area contributed by atoms with E-state index in [1.807, 2.05) is 24.5 Å². The van der Waals surface area contributed by atoms with Gasteiger partial charge in [0.1, 0.15) is 0 Å². The maximum absolute atomic E-state index is 4.99. The summed E-state index contributed by atoms with van der Waals surface area (Å²) < 4.78 is 0. The zero-order valence-electron chi connectivity index (χ0n) is 16.3. The highest BCUT2D eigenvalue weighted by atomic mass is 35.5. The highest BCUT2D eigenvalue weighted by Crippen LogP contribution is 2.31. The molecule has 0 fully saturated rings. The van der Waals surface area contributed by atoms with Gasteiger partial charge in [0.2, 0.25) is 0 Å². The van der Waals surface area contributed by atoms with Gasteiger partial charge < -0.3 is 0 Å². The molecule has 5 heteroatoms. The lowest BCUT2D eigenvalue weighted by atomic mass is 9.92. The van der Waals surface area contributed by atoms with Crippen molar-refractivity contribution >= 4 is 23.3 Å². The summed E-state index contributed by atoms with van der Waals surface area (Å²) in [5.74, 6) is 1.23. The summed E-state index contributed by atoms with van der Waals surface area (Å²) in [6, 6.07) is 5.99. The SMILES string of the molecule is CCCCCCCC(CC)c1nc(-c2ccncc2)nc2cnccc12.Cl. The van der Waals surface area contributed by atoms with Crippen LogP contribution in [0.3, 0.4) is 0 Å². The number of rotatable bonds is 9. The number of unbranched alkanes of at least 4 members (excludes halogenated alkanes) is 4. The average Bonchev–Trinajstić information content (AvgIpc) is 2.71. The lowest BCUT2D eigenvalue weighted by molar-refractivity contribution is 0.529. The van der Waals surface area contributed by atoms with Crippen LogP contribution in [0.1, 0.15) is 70.4 Å². The van der Waals surface area contributed by atoms with Gasteiger partial charge in [-0.25, -0.2) is 9.97 Å². The van der Waals surface area contributed by atoms with Crippen molar-refractivity contribution in [1.29, 1.82) is 0 Å². The third kappa shape index (κ3) is 5.46. The standard InChI is InChI=1S/C22H28N4.ClH/c1-3-5-6-7-8-9-17(4-2)21-19-12-15-24-16-20(19)25-22(26-21)18-10-13-23-14-11-18;/h10-17H,3-9H2,1-2H3;1H. The fourth-order valence-corrected chi connectivity index (χ4v) is 3.47. The van der Waals surface area contributed by atoms with Crippen LogP contribution in [-0.4, -0.2) is 19.9 Å². The molecule has 0 bridgehead atoms. The normalized spacial score (nSPS) is 11.9. The number of aromatic nitrogens is 4. The van der Waals surface area contributed by atoms with Gasteiger partial charge in [0.05, 0.1) is 17.4 Å². The van der Waals surface area contributed by atoms with Crippen LogP contribution >= 0.6 is 12.4 Å². The molecule has 0 spiro atoms. The quantitative estimate of drug-likeness (QED) is 0.402. The Morgan fingerprint density at radius 3 is 2.33 bits per heavy atom. The fourth-order valence-electron chi connectivity index (χ4n) is 3.47. The molecule has 0 aliphatic carbocycles. The molecule has 144 valence electrons. The molecule has 0 radical (unpaired) electrons. The zero-order valence-corrected chi connectivity index (χ0v) is 17.1. The monoisotopic (exact) mass is 384 g/mol. The molecule has 4 nitrogen and oxygen atoms in total. The van der Waals surface area contributed by atoms with Gasteiger partial charge in [0, 0.05) is 35.5 Å². The highest BCUT2D eigenvalue weighted by Gasteiger charge is 2.17. The van der Waals surface area contributed by atoms with E-state index in [2.05, 4.69) is 29.9 Å². The first-order chi connectivity index (χ1) is 12.8. The molecule has 3 heterocycles. The number of halogens is 1. The number of hydrogen-bond donors (Lipinski definition) is 0. The maximum atomic E-state index is 4.99. The van der Waals surface area contributed by atoms with Gasteiger partial charge in [0.15, 0.2) is 5.82 Å². The highest BCUT2D eigenvalue weighted by molar-refractivity contribution is 5.85. The molecule has 1 unspecified atom stereocenters. The molecule has 0 amide bonds. The number of pyridine rings is 2. The minimum absolute atomic E-state index is 0. The minimum Gasteiger partial charge on any atom is -0.265 e. The van der Waals surface area contributed by atoms with E-state index in [1.165, 1.54) is 44.2 Å². The summed E-state index contributed by atoms with van der Waals surface area (Å²) >= 11 is 0. The van der Waals surface area contributed by atoms with E-state index in [0.717, 1.165) is 28.7 Å². The topological polar surface area (TPSA) is 51.6 Å². The average molecular weight is 385 g/mol. The van der Waals surface area contributed by atoms with Gasteiger partial charge >= 0.3 is 0 Å². The second-order valence-corrected chi connectivity index (χ2v) is 6.87. The second-order valence-electron chi connectivity index (χ2n) is 6.87. The third-order valence-electron chi connectivity index (χ3n) is 5.00. The minimum atomic E-state index is 0. The Labute approximate surface area is 168 Å². The molecular weight excluding hydrogens is 356 g/mol. The van der Waals surface area contributed by atoms with Gasteiger partial charge in [0.25, 0.3) is 0 Å². The Morgan fingerprint density at radius 1 is 0.852 bits per heavy atom. The largest absolute Gasteiger partial charge is 0.265 e. The smallest absolute Gasteiger partial charge is 0.160 e. The summed E-state index contributed by atoms with van der Waals surface area (Å²) in [6.45, 7) is 4.52. The van der Waals surface area contributed by atoms with Crippen molar-refractivity contribution in [2.45, 2.75) is 64.7 Å². The Kier molecular flexibility index (Phi) is 8.59. The van der Waals surface area contributed by atoms with Crippen molar-refractivity contribution in [3.05, 3.63) is 48.7 Å². The molecule has 0 saturated carbocycles. The summed E-state index contributed by atoms with van der Waals surface area (Å²) in [5.41, 5.74) is 3.10. The van der Waals surface area contributed by atoms with Crippen molar-refractivity contribution < 1.29 is 0 Å². The van der Waals surface area contributed by atoms with E-state index >= 15 is 0 Å². The van der Waals surface area contributed by atoms with E-state index in [1.54, 1.807) is 12.4 Å². The zero-order chi connectivity index (χ0) is 18.2. The molecule has 27 heavy (non-hydrogen) atoms. The van der Waals surface area contributed by atoms with E-state index < -0.39 is 0 Å². The summed E-state index contributed by atoms with van der Waals surface area (Å²) in [5, 5.41) is 1.14. The Balaban J connectivity index is 0.00000261. The van der Waals surface area contributed by atoms with Crippen LogP contribution in [0.25, 0.3) is 22.3 Å². The summed E-state index contributed by atoms with van der Waals surface area (Å²) in [4.78, 5) is 18.1. The van der Waals surface area contributed by atoms with Gasteiger partial charge in [-0.1, -0.05) is 46.0 Å². The molecular formula is C22H29ClN4. The molecule has 0 aliphatic heterocycles. The lowest BCUT2D eigenvalue weighted by Crippen LogP contribution is -2.05. The molecule has 0 aliphatic rings. The van der Waals surface area contributed by atoms with Crippen LogP contribution in [0.5, 0.6) is 0 Å². The first-order valence-electron chi connectivity index (χ1n) is 9.85. The van der Waals surface area contributed by atoms with Crippen molar-refractivity contribution in [3.63, 3.8) is 0 Å². The van der Waals surface area contributed by atoms with Gasteiger partial charge in [-0.05, 0) is 31.0 Å². The molecule has 3 aromatic heterocycles. The number of nitrogens with zero attached hydrogens (tertiary/aromatic N) is 4. The predicted molar refractivity (Wildman–Crippen MR) is 114 cm³/mol. The van der Waals surface area contributed by atoms with Gasteiger partial charge in [-0.15, -0.1) is 12.4 Å². The molecule has 0 N–H and O–H groups in total. The maximum Gasteiger partial charge on any atom is 0.160 e. The Morgan fingerprint density at radius 2 is 1.59 bits per heavy atom. The van der Waals surface area contributed by atoms with Gasteiger partial charge in [-0.2, -0.15) is 0 Å². The van der Waals surface area contributed by atoms with E-state index in [4.69, 9.17) is 9.97 Å². The van der Waals surface area contributed by atoms with E-state index in [9.17, 15) is 0 Å². The van der Waals surface area contributed by atoms with Crippen molar-refractivity contribution in [3.8, 4) is 11.4 Å². The predicted octanol–water partition coefficient (Wildman–Crippen LogP) is 6.36. The van der Waals surface area contributed by atoms with Crippen molar-refractivity contribution in [2.75, 3.05) is 0 Å². The molecule has 3 rings (SSSR count). The van der Waals surface area contributed by atoms with E-state index in [0.29, 0.717) is 5.92 Å². The first-order valence-corrected chi connectivity index (χ1v) is 9.85. The molecule has 0 saturated heterocycles. The van der Waals surface area contributed by atoms with Crippen LogP contribution in [0.15, 0.2) is 43.0 Å². The first kappa shape index (κ1) is 21.2. The van der Waals surface area contributed by atoms with Crippen LogP contribution in [0.2, 0.25) is 0 Å². The summed E-state index contributed by atoms with van der Waals surface area (Å²) in [6.07, 6.45) is 16.1. The second kappa shape index (κ2) is 10.9. The van der Waals surface area contributed by atoms with Gasteiger partial charge in [-0.3, -0.25) is 9.97 Å². The summed E-state index contributed by atoms with van der Waals surface area (Å²) in [7, 11) is 0. The third-order valence-corrected chi connectivity index (χ3v) is 5.00. The van der Waals surface area contributed by atoms with Crippen LogP contribution in [-0.2, 0) is 0 Å². The Hall–Kier alpha value is -2.07. The number of fused-ring (bicyclic) bond motifs is 1. The van der Waals surface area contributed by atoms with Crippen LogP contribution < -0.4 is 0 Å². The molecule has 1 atom stereocenters. The van der Waals surface area contributed by atoms with Crippen molar-refractivity contribution in [2.24, 2.45) is 0 Å². The van der Waals surface area contributed by atoms with E-state index in [-0.39, 0.29) is 12.4 Å². The van der Waals surface area contributed by atoms with Crippen molar-refractivity contribution in [1.82, 2.24) is 19.9 Å². The lowest BCUT2D eigenvalue weighted by Gasteiger charge is -2.17. The van der Waals surface area contributed by atoms with Crippen LogP contribution in [0, 0.1) is 0 Å². The number of hydrogen-bond acceptors (Lipinski definition) is 4. The Bertz CT molecular complexity index is 823. The fraction of sp³-hybridized carbons (Fsp3) is 0.455. The van der Waals surface area contributed by atoms with Crippen LogP contribution in [0.4, 0.5) is 0 Å². The molecule has 0 aromatic carbocycles.